The first-order valence-corrected chi connectivity index (χ1v) is 7.06. The smallest absolute Gasteiger partial charge is 0.406 e. The van der Waals surface area contributed by atoms with Crippen molar-refractivity contribution >= 4 is 23.2 Å². The Kier molecular flexibility index (Phi) is 3.77. The van der Waals surface area contributed by atoms with E-state index in [0.29, 0.717) is 5.56 Å². The molecule has 8 heteroatoms. The van der Waals surface area contributed by atoms with Crippen LogP contribution in [0.1, 0.15) is 26.5 Å². The predicted molar refractivity (Wildman–Crippen MR) is 70.4 cm³/mol. The van der Waals surface area contributed by atoms with Gasteiger partial charge in [0.05, 0.1) is 5.56 Å². The first-order valence-electron chi connectivity index (χ1n) is 6.25. The molecule has 1 aromatic heterocycles. The molecule has 0 saturated carbocycles. The summed E-state index contributed by atoms with van der Waals surface area (Å²) in [6.45, 7) is 2.48. The Morgan fingerprint density at radius 1 is 1.38 bits per heavy atom. The molecule has 1 aliphatic rings. The highest BCUT2D eigenvalue weighted by molar-refractivity contribution is 7.12. The van der Waals surface area contributed by atoms with Crippen molar-refractivity contribution in [2.75, 3.05) is 13.1 Å². The van der Waals surface area contributed by atoms with Gasteiger partial charge in [-0.05, 0) is 26.3 Å². The minimum Gasteiger partial charge on any atom is -0.481 e. The molecule has 0 aromatic carbocycles. The summed E-state index contributed by atoms with van der Waals surface area (Å²) in [5.74, 6) is -2.47. The van der Waals surface area contributed by atoms with Gasteiger partial charge in [0.1, 0.15) is 0 Å². The van der Waals surface area contributed by atoms with E-state index in [4.69, 9.17) is 5.11 Å². The summed E-state index contributed by atoms with van der Waals surface area (Å²) in [4.78, 5) is 26.0. The maximum Gasteiger partial charge on any atom is 0.406 e. The molecule has 0 bridgehead atoms. The molecular formula is C13H14F3NO3S. The van der Waals surface area contributed by atoms with Gasteiger partial charge in [-0.25, -0.2) is 0 Å². The van der Waals surface area contributed by atoms with Crippen LogP contribution in [0.15, 0.2) is 6.07 Å². The summed E-state index contributed by atoms with van der Waals surface area (Å²) in [5.41, 5.74) is -2.51. The number of carbonyl (C=O) groups excluding carboxylic acids is 1. The van der Waals surface area contributed by atoms with E-state index in [9.17, 15) is 22.8 Å². The lowest BCUT2D eigenvalue weighted by molar-refractivity contribution is -0.227. The van der Waals surface area contributed by atoms with Gasteiger partial charge in [0.25, 0.3) is 5.91 Å². The molecule has 116 valence electrons. The molecule has 2 rings (SSSR count). The normalized spacial score (nSPS) is 22.6. The fourth-order valence-electron chi connectivity index (χ4n) is 2.52. The number of carboxylic acid groups (broad SMARTS) is 1. The van der Waals surface area contributed by atoms with Crippen LogP contribution in [-0.4, -0.2) is 41.1 Å². The van der Waals surface area contributed by atoms with Crippen molar-refractivity contribution in [1.82, 2.24) is 4.90 Å². The third kappa shape index (κ3) is 2.52. The van der Waals surface area contributed by atoms with E-state index in [2.05, 4.69) is 0 Å². The molecule has 4 nitrogen and oxygen atoms in total. The molecule has 1 aromatic rings. The SMILES string of the molecule is Cc1cc(C(=O)N2CCC(C(=O)O)(C(F)(F)F)C2)c(C)s1. The fourth-order valence-corrected chi connectivity index (χ4v) is 3.44. The third-order valence-electron chi connectivity index (χ3n) is 3.78. The Morgan fingerprint density at radius 2 is 2.00 bits per heavy atom. The molecule has 1 N–H and O–H groups in total. The highest BCUT2D eigenvalue weighted by Gasteiger charge is 2.64. The zero-order valence-corrected chi connectivity index (χ0v) is 12.3. The molecule has 1 aliphatic heterocycles. The number of aliphatic carboxylic acids is 1. The molecule has 21 heavy (non-hydrogen) atoms. The molecule has 1 saturated heterocycles. The van der Waals surface area contributed by atoms with Gasteiger partial charge in [-0.15, -0.1) is 11.3 Å². The van der Waals surface area contributed by atoms with Crippen LogP contribution in [-0.2, 0) is 4.79 Å². The van der Waals surface area contributed by atoms with E-state index < -0.39 is 36.4 Å². The van der Waals surface area contributed by atoms with Crippen LogP contribution in [0.2, 0.25) is 0 Å². The summed E-state index contributed by atoms with van der Waals surface area (Å²) >= 11 is 1.38. The quantitative estimate of drug-likeness (QED) is 0.911. The zero-order valence-electron chi connectivity index (χ0n) is 11.5. The number of amides is 1. The van der Waals surface area contributed by atoms with Crippen molar-refractivity contribution < 1.29 is 27.9 Å². The summed E-state index contributed by atoms with van der Waals surface area (Å²) in [6.07, 6.45) is -5.49. The van der Waals surface area contributed by atoms with Gasteiger partial charge in [-0.1, -0.05) is 0 Å². The second kappa shape index (κ2) is 5.01. The van der Waals surface area contributed by atoms with Crippen molar-refractivity contribution in [3.05, 3.63) is 21.4 Å². The van der Waals surface area contributed by atoms with Gasteiger partial charge in [0, 0.05) is 22.8 Å². The second-order valence-electron chi connectivity index (χ2n) is 5.19. The lowest BCUT2D eigenvalue weighted by Crippen LogP contribution is -2.47. The van der Waals surface area contributed by atoms with Gasteiger partial charge in [0.2, 0.25) is 0 Å². The number of rotatable bonds is 2. The van der Waals surface area contributed by atoms with Crippen molar-refractivity contribution in [3.8, 4) is 0 Å². The molecule has 1 amide bonds. The molecule has 1 fully saturated rings. The topological polar surface area (TPSA) is 57.6 Å². The zero-order chi connectivity index (χ0) is 16.0. The van der Waals surface area contributed by atoms with E-state index in [0.717, 1.165) is 14.7 Å². The maximum atomic E-state index is 13.1. The van der Waals surface area contributed by atoms with E-state index >= 15 is 0 Å². The van der Waals surface area contributed by atoms with Gasteiger partial charge >= 0.3 is 12.1 Å². The van der Waals surface area contributed by atoms with Crippen LogP contribution in [0, 0.1) is 19.3 Å². The van der Waals surface area contributed by atoms with Gasteiger partial charge in [-0.2, -0.15) is 13.2 Å². The number of alkyl halides is 3. The minimum absolute atomic E-state index is 0.209. The van der Waals surface area contributed by atoms with Crippen molar-refractivity contribution in [2.45, 2.75) is 26.4 Å². The lowest BCUT2D eigenvalue weighted by Gasteiger charge is -2.27. The van der Waals surface area contributed by atoms with Crippen LogP contribution in [0.4, 0.5) is 13.2 Å². The van der Waals surface area contributed by atoms with Crippen LogP contribution in [0.5, 0.6) is 0 Å². The van der Waals surface area contributed by atoms with E-state index in [1.54, 1.807) is 19.9 Å². The average Bonchev–Trinajstić information content (AvgIpc) is 2.92. The minimum atomic E-state index is -4.88. The monoisotopic (exact) mass is 321 g/mol. The maximum absolute atomic E-state index is 13.1. The lowest BCUT2D eigenvalue weighted by atomic mass is 9.86. The first-order chi connectivity index (χ1) is 9.58. The van der Waals surface area contributed by atoms with Crippen molar-refractivity contribution in [3.63, 3.8) is 0 Å². The molecule has 2 heterocycles. The van der Waals surface area contributed by atoms with Gasteiger partial charge < -0.3 is 10.0 Å². The number of hydrogen-bond donors (Lipinski definition) is 1. The van der Waals surface area contributed by atoms with Crippen molar-refractivity contribution in [2.24, 2.45) is 5.41 Å². The largest absolute Gasteiger partial charge is 0.481 e. The molecule has 1 atom stereocenters. The number of likely N-dealkylation sites (tertiary alicyclic amines) is 1. The van der Waals surface area contributed by atoms with Crippen LogP contribution in [0.3, 0.4) is 0 Å². The number of carboxylic acids is 1. The third-order valence-corrected chi connectivity index (χ3v) is 4.75. The number of nitrogens with zero attached hydrogens (tertiary/aromatic N) is 1. The Hall–Kier alpha value is -1.57. The number of aryl methyl sites for hydroxylation is 2. The van der Waals surface area contributed by atoms with E-state index in [1.165, 1.54) is 11.3 Å². The Balaban J connectivity index is 2.28. The number of carbonyl (C=O) groups is 2. The van der Waals surface area contributed by atoms with Gasteiger partial charge in [0.15, 0.2) is 5.41 Å². The average molecular weight is 321 g/mol. The van der Waals surface area contributed by atoms with E-state index in [1.807, 2.05) is 0 Å². The molecule has 0 radical (unpaired) electrons. The standard InChI is InChI=1S/C13H14F3NO3S/c1-7-5-9(8(2)21-7)10(18)17-4-3-12(6-17,11(19)20)13(14,15)16/h5H,3-4,6H2,1-2H3,(H,19,20). The number of hydrogen-bond acceptors (Lipinski definition) is 3. The highest BCUT2D eigenvalue weighted by Crippen LogP contribution is 2.46. The van der Waals surface area contributed by atoms with Crippen molar-refractivity contribution in [1.29, 1.82) is 0 Å². The predicted octanol–water partition coefficient (Wildman–Crippen LogP) is 2.84. The molecule has 0 spiro atoms. The Labute approximate surface area is 123 Å². The van der Waals surface area contributed by atoms with Crippen LogP contribution in [0.25, 0.3) is 0 Å². The Morgan fingerprint density at radius 3 is 2.38 bits per heavy atom. The molecular weight excluding hydrogens is 307 g/mol. The second-order valence-corrected chi connectivity index (χ2v) is 6.65. The summed E-state index contributed by atoms with van der Waals surface area (Å²) in [7, 11) is 0. The van der Waals surface area contributed by atoms with E-state index in [-0.39, 0.29) is 6.54 Å². The highest BCUT2D eigenvalue weighted by atomic mass is 32.1. The Bertz CT molecular complexity index is 596. The number of halogens is 3. The fraction of sp³-hybridized carbons (Fsp3) is 0.538. The summed E-state index contributed by atoms with van der Waals surface area (Å²) in [6, 6.07) is 1.62. The van der Waals surface area contributed by atoms with Crippen LogP contribution < -0.4 is 0 Å². The first kappa shape index (κ1) is 15.8. The summed E-state index contributed by atoms with van der Waals surface area (Å²) in [5, 5.41) is 8.97. The van der Waals surface area contributed by atoms with Crippen LogP contribution >= 0.6 is 11.3 Å². The molecule has 1 unspecified atom stereocenters. The molecule has 0 aliphatic carbocycles. The van der Waals surface area contributed by atoms with Gasteiger partial charge in [-0.3, -0.25) is 9.59 Å². The summed E-state index contributed by atoms with van der Waals surface area (Å²) < 4.78 is 39.2. The number of thiophene rings is 1.